The fourth-order valence-electron chi connectivity index (χ4n) is 6.97. The van der Waals surface area contributed by atoms with Crippen molar-refractivity contribution in [2.75, 3.05) is 40.3 Å². The standard InChI is InChI=1S/C33H61F2N5O6S/c1-8-11-39(12-9-2)33(44)26-18-24(17-25(19-26)32(43)38(6)7)31(42)36-29(16-23-14-27(34)20-28(35)15-23)30(41)21-40(13-10-3)37-47(45,46)22(4)5/h22-30,37,41H,8-21H2,1-7H3,(H,36,42). The third kappa shape index (κ3) is 12.8. The molecule has 14 heteroatoms. The van der Waals surface area contributed by atoms with Gasteiger partial charge in [0.1, 0.15) is 12.3 Å². The number of sulfonamides is 1. The van der Waals surface area contributed by atoms with Crippen molar-refractivity contribution in [3.63, 3.8) is 0 Å². The Kier molecular flexibility index (Phi) is 17.0. The van der Waals surface area contributed by atoms with Gasteiger partial charge >= 0.3 is 0 Å². The summed E-state index contributed by atoms with van der Waals surface area (Å²) in [5, 5.41) is 15.1. The van der Waals surface area contributed by atoms with E-state index in [1.54, 1.807) is 19.0 Å². The quantitative estimate of drug-likeness (QED) is 0.187. The highest BCUT2D eigenvalue weighted by Gasteiger charge is 2.42. The van der Waals surface area contributed by atoms with Crippen molar-refractivity contribution in [1.29, 1.82) is 0 Å². The second kappa shape index (κ2) is 19.3. The van der Waals surface area contributed by atoms with Crippen molar-refractivity contribution in [3.8, 4) is 0 Å². The van der Waals surface area contributed by atoms with Gasteiger partial charge in [0.05, 0.1) is 17.4 Å². The highest BCUT2D eigenvalue weighted by atomic mass is 32.2. The molecule has 0 aromatic carbocycles. The summed E-state index contributed by atoms with van der Waals surface area (Å²) in [4.78, 5) is 46.6. The molecule has 0 spiro atoms. The molecule has 0 aromatic heterocycles. The molecule has 2 aliphatic carbocycles. The van der Waals surface area contributed by atoms with Gasteiger partial charge in [-0.15, -0.1) is 4.83 Å². The first-order chi connectivity index (χ1) is 22.0. The molecule has 0 aliphatic heterocycles. The Hall–Kier alpha value is -1.90. The number of alkyl halides is 2. The van der Waals surface area contributed by atoms with Crippen LogP contribution in [0.15, 0.2) is 0 Å². The van der Waals surface area contributed by atoms with E-state index in [9.17, 15) is 36.7 Å². The van der Waals surface area contributed by atoms with E-state index < -0.39 is 69.3 Å². The van der Waals surface area contributed by atoms with Crippen molar-refractivity contribution in [2.45, 2.75) is 129 Å². The van der Waals surface area contributed by atoms with Crippen molar-refractivity contribution < 1.29 is 36.7 Å². The molecule has 3 amide bonds. The lowest BCUT2D eigenvalue weighted by Crippen LogP contribution is -2.55. The van der Waals surface area contributed by atoms with Crippen LogP contribution in [0.4, 0.5) is 8.78 Å². The monoisotopic (exact) mass is 693 g/mol. The van der Waals surface area contributed by atoms with Crippen LogP contribution in [0.5, 0.6) is 0 Å². The van der Waals surface area contributed by atoms with Gasteiger partial charge in [0.2, 0.25) is 27.7 Å². The first kappa shape index (κ1) is 41.3. The van der Waals surface area contributed by atoms with Crippen molar-refractivity contribution in [3.05, 3.63) is 0 Å². The first-order valence-corrected chi connectivity index (χ1v) is 19.1. The van der Waals surface area contributed by atoms with E-state index in [-0.39, 0.29) is 56.9 Å². The van der Waals surface area contributed by atoms with Crippen LogP contribution >= 0.6 is 0 Å². The van der Waals surface area contributed by atoms with E-state index in [4.69, 9.17) is 0 Å². The molecule has 2 aliphatic rings. The van der Waals surface area contributed by atoms with E-state index in [1.165, 1.54) is 23.8 Å². The van der Waals surface area contributed by atoms with Gasteiger partial charge in [0, 0.05) is 64.4 Å². The number of aliphatic hydroxyl groups is 1. The predicted octanol–water partition coefficient (Wildman–Crippen LogP) is 3.42. The third-order valence-corrected chi connectivity index (χ3v) is 11.1. The van der Waals surface area contributed by atoms with Crippen LogP contribution in [-0.4, -0.2) is 116 Å². The lowest BCUT2D eigenvalue weighted by molar-refractivity contribution is -0.143. The van der Waals surface area contributed by atoms with Gasteiger partial charge in [0.25, 0.3) is 0 Å². The van der Waals surface area contributed by atoms with Gasteiger partial charge in [-0.2, -0.15) is 0 Å². The minimum atomic E-state index is -3.72. The van der Waals surface area contributed by atoms with Gasteiger partial charge in [-0.1, -0.05) is 20.8 Å². The number of nitrogens with one attached hydrogen (secondary N) is 2. The number of hydrazine groups is 1. The number of carbonyl (C=O) groups is 3. The number of halogens is 2. The molecule has 0 radical (unpaired) electrons. The van der Waals surface area contributed by atoms with E-state index in [2.05, 4.69) is 10.1 Å². The highest BCUT2D eigenvalue weighted by molar-refractivity contribution is 7.90. The summed E-state index contributed by atoms with van der Waals surface area (Å²) >= 11 is 0. The van der Waals surface area contributed by atoms with Crippen molar-refractivity contribution in [2.24, 2.45) is 23.7 Å². The van der Waals surface area contributed by atoms with E-state index >= 15 is 0 Å². The Bertz CT molecular complexity index is 1100. The number of carbonyl (C=O) groups excluding carboxylic acids is 3. The maximum atomic E-state index is 14.4. The summed E-state index contributed by atoms with van der Waals surface area (Å²) in [5.74, 6) is -2.88. The third-order valence-electron chi connectivity index (χ3n) is 9.36. The maximum Gasteiger partial charge on any atom is 0.226 e. The van der Waals surface area contributed by atoms with Crippen LogP contribution in [0.2, 0.25) is 0 Å². The second-order valence-electron chi connectivity index (χ2n) is 14.2. The van der Waals surface area contributed by atoms with Crippen LogP contribution in [0.1, 0.15) is 98.8 Å². The molecule has 7 atom stereocenters. The van der Waals surface area contributed by atoms with E-state index in [1.807, 2.05) is 20.8 Å². The Morgan fingerprint density at radius 1 is 0.809 bits per heavy atom. The van der Waals surface area contributed by atoms with Gasteiger partial charge in [-0.3, -0.25) is 14.4 Å². The minimum Gasteiger partial charge on any atom is -0.390 e. The lowest BCUT2D eigenvalue weighted by Gasteiger charge is -2.38. The van der Waals surface area contributed by atoms with Crippen LogP contribution in [0.3, 0.4) is 0 Å². The molecule has 0 aromatic rings. The molecule has 7 unspecified atom stereocenters. The first-order valence-electron chi connectivity index (χ1n) is 17.5. The average molecular weight is 694 g/mol. The lowest BCUT2D eigenvalue weighted by atomic mass is 9.73. The zero-order chi connectivity index (χ0) is 35.5. The Morgan fingerprint density at radius 2 is 1.32 bits per heavy atom. The summed E-state index contributed by atoms with van der Waals surface area (Å²) in [5.41, 5.74) is 0. The Labute approximate surface area is 281 Å². The number of aliphatic hydroxyl groups excluding tert-OH is 1. The SMILES string of the molecule is CCCN(CC(O)C(CC1CC(F)CC(F)C1)NC(=O)C1CC(C(=O)N(C)C)CC(C(=O)N(CCC)CCC)C1)NS(=O)(=O)C(C)C. The molecule has 11 nitrogen and oxygen atoms in total. The molecule has 0 heterocycles. The molecular formula is C33H61F2N5O6S. The molecular weight excluding hydrogens is 632 g/mol. The number of hydrogen-bond acceptors (Lipinski definition) is 7. The molecule has 0 bridgehead atoms. The van der Waals surface area contributed by atoms with Crippen LogP contribution in [0, 0.1) is 23.7 Å². The molecule has 0 saturated heterocycles. The summed E-state index contributed by atoms with van der Waals surface area (Å²) in [6.45, 7) is 10.2. The number of nitrogens with zero attached hydrogens (tertiary/aromatic N) is 3. The highest BCUT2D eigenvalue weighted by Crippen LogP contribution is 2.37. The maximum absolute atomic E-state index is 14.4. The van der Waals surface area contributed by atoms with Crippen LogP contribution in [0.25, 0.3) is 0 Å². The summed E-state index contributed by atoms with van der Waals surface area (Å²) in [6, 6.07) is -0.941. The topological polar surface area (TPSA) is 139 Å². The minimum absolute atomic E-state index is 0.0721. The smallest absolute Gasteiger partial charge is 0.226 e. The zero-order valence-electron chi connectivity index (χ0n) is 29.6. The van der Waals surface area contributed by atoms with E-state index in [0.717, 1.165) is 12.8 Å². The largest absolute Gasteiger partial charge is 0.390 e. The van der Waals surface area contributed by atoms with E-state index in [0.29, 0.717) is 32.5 Å². The van der Waals surface area contributed by atoms with Crippen molar-refractivity contribution >= 4 is 27.7 Å². The van der Waals surface area contributed by atoms with Gasteiger partial charge in [0.15, 0.2) is 0 Å². The molecule has 2 rings (SSSR count). The molecule has 47 heavy (non-hydrogen) atoms. The zero-order valence-corrected chi connectivity index (χ0v) is 30.4. The second-order valence-corrected chi connectivity index (χ2v) is 16.4. The van der Waals surface area contributed by atoms with Crippen molar-refractivity contribution in [1.82, 2.24) is 25.0 Å². The average Bonchev–Trinajstić information content (AvgIpc) is 2.98. The number of rotatable bonds is 18. The number of amides is 3. The van der Waals surface area contributed by atoms with Crippen LogP contribution in [-0.2, 0) is 24.4 Å². The summed E-state index contributed by atoms with van der Waals surface area (Å²) in [6.07, 6.45) is -0.856. The fourth-order valence-corrected chi connectivity index (χ4v) is 7.70. The normalized spacial score (nSPS) is 26.6. The van der Waals surface area contributed by atoms with Crippen LogP contribution < -0.4 is 10.1 Å². The molecule has 2 saturated carbocycles. The predicted molar refractivity (Wildman–Crippen MR) is 179 cm³/mol. The van der Waals surface area contributed by atoms with Gasteiger partial charge in [-0.25, -0.2) is 22.2 Å². The fraction of sp³-hybridized carbons (Fsp3) is 0.909. The molecule has 2 fully saturated rings. The van der Waals surface area contributed by atoms with Gasteiger partial charge < -0.3 is 20.2 Å². The molecule has 3 N–H and O–H groups in total. The Morgan fingerprint density at radius 3 is 1.81 bits per heavy atom. The number of hydrogen-bond donors (Lipinski definition) is 3. The molecule has 274 valence electrons. The summed E-state index contributed by atoms with van der Waals surface area (Å²) in [7, 11) is -0.429. The Balaban J connectivity index is 2.36. The summed E-state index contributed by atoms with van der Waals surface area (Å²) < 4.78 is 54.1. The van der Waals surface area contributed by atoms with Gasteiger partial charge in [-0.05, 0) is 77.6 Å².